The molecule has 0 aliphatic heterocycles. The molecule has 0 aromatic heterocycles. The van der Waals surface area contributed by atoms with Crippen molar-refractivity contribution < 1.29 is 4.79 Å². The van der Waals surface area contributed by atoms with E-state index in [1.165, 1.54) is 11.1 Å². The maximum atomic E-state index is 11.9. The first-order valence-corrected chi connectivity index (χ1v) is 7.03. The number of hydrogen-bond acceptors (Lipinski definition) is 1. The van der Waals surface area contributed by atoms with Gasteiger partial charge in [-0.1, -0.05) is 62.8 Å². The van der Waals surface area contributed by atoms with Crippen molar-refractivity contribution in [3.05, 3.63) is 41.5 Å². The Morgan fingerprint density at radius 3 is 2.42 bits per heavy atom. The molecular weight excluding hydrogens is 234 g/mol. The minimum atomic E-state index is 0.231. The van der Waals surface area contributed by atoms with Crippen LogP contribution in [0.15, 0.2) is 35.9 Å². The third-order valence-corrected chi connectivity index (χ3v) is 2.89. The second-order valence-corrected chi connectivity index (χ2v) is 5.42. The third-order valence-electron chi connectivity index (χ3n) is 2.89. The Hall–Kier alpha value is -1.57. The Bertz CT molecular complexity index is 420. The lowest BCUT2D eigenvalue weighted by Gasteiger charge is -2.24. The minimum absolute atomic E-state index is 0.231. The largest absolute Gasteiger partial charge is 0.338 e. The van der Waals surface area contributed by atoms with E-state index in [-0.39, 0.29) is 5.91 Å². The van der Waals surface area contributed by atoms with Crippen LogP contribution in [-0.2, 0) is 4.79 Å². The van der Waals surface area contributed by atoms with Crippen LogP contribution in [0.25, 0.3) is 6.08 Å². The summed E-state index contributed by atoms with van der Waals surface area (Å²) in [5.74, 6) is 0.731. The van der Waals surface area contributed by atoms with Crippen LogP contribution < -0.4 is 0 Å². The molecule has 0 N–H and O–H groups in total. The van der Waals surface area contributed by atoms with Gasteiger partial charge in [-0.3, -0.25) is 4.79 Å². The van der Waals surface area contributed by atoms with E-state index in [2.05, 4.69) is 39.0 Å². The zero-order chi connectivity index (χ0) is 14.3. The molecule has 0 bridgehead atoms. The first kappa shape index (κ1) is 15.5. The van der Waals surface area contributed by atoms with Crippen LogP contribution >= 0.6 is 0 Å². The Labute approximate surface area is 117 Å². The van der Waals surface area contributed by atoms with E-state index >= 15 is 0 Å². The van der Waals surface area contributed by atoms with Crippen LogP contribution in [0.1, 0.15) is 39.7 Å². The maximum Gasteiger partial charge on any atom is 0.222 e. The van der Waals surface area contributed by atoms with Crippen molar-refractivity contribution in [2.45, 2.75) is 34.1 Å². The van der Waals surface area contributed by atoms with E-state index in [1.807, 2.05) is 30.0 Å². The van der Waals surface area contributed by atoms with Gasteiger partial charge in [-0.25, -0.2) is 0 Å². The number of benzene rings is 1. The Morgan fingerprint density at radius 2 is 1.89 bits per heavy atom. The predicted molar refractivity (Wildman–Crippen MR) is 81.8 cm³/mol. The summed E-state index contributed by atoms with van der Waals surface area (Å²) >= 11 is 0. The second-order valence-electron chi connectivity index (χ2n) is 5.42. The standard InChI is InChI=1S/C17H25NO/c1-5-17(19)18(12-14(2)3)13-15(4)11-16-9-7-6-8-10-16/h6-11,14H,5,12-13H2,1-4H3. The quantitative estimate of drug-likeness (QED) is 0.756. The Kier molecular flexibility index (Phi) is 6.34. The highest BCUT2D eigenvalue weighted by Crippen LogP contribution is 2.10. The first-order chi connectivity index (χ1) is 9.02. The van der Waals surface area contributed by atoms with Crippen molar-refractivity contribution in [2.24, 2.45) is 5.92 Å². The van der Waals surface area contributed by atoms with E-state index in [0.717, 1.165) is 13.1 Å². The van der Waals surface area contributed by atoms with Crippen LogP contribution in [0.4, 0.5) is 0 Å². The van der Waals surface area contributed by atoms with Crippen molar-refractivity contribution >= 4 is 12.0 Å². The van der Waals surface area contributed by atoms with Gasteiger partial charge in [0.2, 0.25) is 5.91 Å². The molecule has 2 nitrogen and oxygen atoms in total. The maximum absolute atomic E-state index is 11.9. The fourth-order valence-corrected chi connectivity index (χ4v) is 2.10. The number of carbonyl (C=O) groups excluding carboxylic acids is 1. The van der Waals surface area contributed by atoms with E-state index in [1.54, 1.807) is 0 Å². The summed E-state index contributed by atoms with van der Waals surface area (Å²) in [4.78, 5) is 13.9. The van der Waals surface area contributed by atoms with E-state index in [4.69, 9.17) is 0 Å². The second kappa shape index (κ2) is 7.78. The average Bonchev–Trinajstić information content (AvgIpc) is 2.37. The van der Waals surface area contributed by atoms with Gasteiger partial charge in [-0.15, -0.1) is 0 Å². The SMILES string of the molecule is CCC(=O)N(CC(C)=Cc1ccccc1)CC(C)C. The van der Waals surface area contributed by atoms with Gasteiger partial charge in [0.05, 0.1) is 0 Å². The zero-order valence-corrected chi connectivity index (χ0v) is 12.5. The van der Waals surface area contributed by atoms with Gasteiger partial charge in [0.25, 0.3) is 0 Å². The lowest BCUT2D eigenvalue weighted by atomic mass is 10.1. The highest BCUT2D eigenvalue weighted by atomic mass is 16.2. The first-order valence-electron chi connectivity index (χ1n) is 7.03. The Morgan fingerprint density at radius 1 is 1.26 bits per heavy atom. The number of carbonyl (C=O) groups is 1. The molecule has 1 rings (SSSR count). The molecule has 1 amide bonds. The average molecular weight is 259 g/mol. The molecular formula is C17H25NO. The van der Waals surface area contributed by atoms with E-state index < -0.39 is 0 Å². The molecule has 0 fully saturated rings. The Balaban J connectivity index is 2.73. The highest BCUT2D eigenvalue weighted by molar-refractivity contribution is 5.76. The number of rotatable bonds is 6. The molecule has 104 valence electrons. The van der Waals surface area contributed by atoms with Gasteiger partial charge >= 0.3 is 0 Å². The van der Waals surface area contributed by atoms with E-state index in [9.17, 15) is 4.79 Å². The van der Waals surface area contributed by atoms with Crippen LogP contribution in [0.2, 0.25) is 0 Å². The summed E-state index contributed by atoms with van der Waals surface area (Å²) in [6.45, 7) is 9.85. The normalized spacial score (nSPS) is 11.7. The van der Waals surface area contributed by atoms with Crippen molar-refractivity contribution in [3.8, 4) is 0 Å². The number of hydrogen-bond donors (Lipinski definition) is 0. The smallest absolute Gasteiger partial charge is 0.222 e. The van der Waals surface area contributed by atoms with Gasteiger partial charge in [0.15, 0.2) is 0 Å². The summed E-state index contributed by atoms with van der Waals surface area (Å²) in [6.07, 6.45) is 2.72. The highest BCUT2D eigenvalue weighted by Gasteiger charge is 2.13. The van der Waals surface area contributed by atoms with E-state index in [0.29, 0.717) is 12.3 Å². The van der Waals surface area contributed by atoms with Crippen molar-refractivity contribution in [2.75, 3.05) is 13.1 Å². The minimum Gasteiger partial charge on any atom is -0.338 e. The fraction of sp³-hybridized carbons (Fsp3) is 0.471. The van der Waals surface area contributed by atoms with Gasteiger partial charge < -0.3 is 4.90 Å². The monoisotopic (exact) mass is 259 g/mol. The van der Waals surface area contributed by atoms with Crippen LogP contribution in [0, 0.1) is 5.92 Å². The third kappa shape index (κ3) is 5.73. The molecule has 0 saturated heterocycles. The molecule has 0 saturated carbocycles. The molecule has 0 aliphatic rings. The molecule has 1 aromatic rings. The predicted octanol–water partition coefficient (Wildman–Crippen LogP) is 3.98. The molecule has 19 heavy (non-hydrogen) atoms. The van der Waals surface area contributed by atoms with Crippen molar-refractivity contribution in [3.63, 3.8) is 0 Å². The van der Waals surface area contributed by atoms with Gasteiger partial charge in [0, 0.05) is 19.5 Å². The molecule has 0 aliphatic carbocycles. The van der Waals surface area contributed by atoms with Crippen LogP contribution in [0.3, 0.4) is 0 Å². The van der Waals surface area contributed by atoms with Crippen LogP contribution in [-0.4, -0.2) is 23.9 Å². The topological polar surface area (TPSA) is 20.3 Å². The lowest BCUT2D eigenvalue weighted by molar-refractivity contribution is -0.130. The number of amides is 1. The zero-order valence-electron chi connectivity index (χ0n) is 12.5. The molecule has 0 atom stereocenters. The van der Waals surface area contributed by atoms with Gasteiger partial charge in [-0.2, -0.15) is 0 Å². The summed E-state index contributed by atoms with van der Waals surface area (Å²) in [5.41, 5.74) is 2.40. The van der Waals surface area contributed by atoms with Crippen molar-refractivity contribution in [1.82, 2.24) is 4.90 Å². The fourth-order valence-electron chi connectivity index (χ4n) is 2.10. The van der Waals surface area contributed by atoms with Gasteiger partial charge in [-0.05, 0) is 18.4 Å². The van der Waals surface area contributed by atoms with Crippen molar-refractivity contribution in [1.29, 1.82) is 0 Å². The summed E-state index contributed by atoms with van der Waals surface area (Å²) < 4.78 is 0. The molecule has 1 aromatic carbocycles. The molecule has 0 heterocycles. The summed E-state index contributed by atoms with van der Waals surface area (Å²) in [6, 6.07) is 10.2. The van der Waals surface area contributed by atoms with Gasteiger partial charge in [0.1, 0.15) is 0 Å². The van der Waals surface area contributed by atoms with Crippen LogP contribution in [0.5, 0.6) is 0 Å². The summed E-state index contributed by atoms with van der Waals surface area (Å²) in [5, 5.41) is 0. The molecule has 0 radical (unpaired) electrons. The number of nitrogens with zero attached hydrogens (tertiary/aromatic N) is 1. The molecule has 0 spiro atoms. The molecule has 0 unspecified atom stereocenters. The molecule has 2 heteroatoms. The lowest BCUT2D eigenvalue weighted by Crippen LogP contribution is -2.34. The summed E-state index contributed by atoms with van der Waals surface area (Å²) in [7, 11) is 0.